The summed E-state index contributed by atoms with van der Waals surface area (Å²) < 4.78 is 1.93. The van der Waals surface area contributed by atoms with Crippen molar-refractivity contribution in [2.45, 2.75) is 24.9 Å². The van der Waals surface area contributed by atoms with E-state index in [2.05, 4.69) is 4.98 Å². The molecule has 6 nitrogen and oxygen atoms in total. The Balaban J connectivity index is 1.63. The lowest BCUT2D eigenvalue weighted by molar-refractivity contribution is -0.145. The molecule has 1 saturated heterocycles. The number of benzene rings is 1. The number of rotatable bonds is 5. The smallest absolute Gasteiger partial charge is 0.306 e. The highest BCUT2D eigenvalue weighted by Gasteiger charge is 2.27. The first-order valence-electron chi connectivity index (χ1n) is 8.39. The molecular weight excluding hydrogens is 374 g/mol. The number of amides is 1. The topological polar surface area (TPSA) is 75.4 Å². The lowest BCUT2D eigenvalue weighted by atomic mass is 9.97. The fraction of sp³-hybridized carbons (Fsp3) is 0.389. The minimum Gasteiger partial charge on any atom is -0.481 e. The van der Waals surface area contributed by atoms with Crippen molar-refractivity contribution in [3.8, 4) is 5.69 Å². The summed E-state index contributed by atoms with van der Waals surface area (Å²) >= 11 is 7.58. The van der Waals surface area contributed by atoms with Crippen LogP contribution in [-0.4, -0.2) is 50.3 Å². The van der Waals surface area contributed by atoms with E-state index >= 15 is 0 Å². The minimum atomic E-state index is -0.773. The van der Waals surface area contributed by atoms with Gasteiger partial charge in [0.25, 0.3) is 0 Å². The molecule has 2 heterocycles. The van der Waals surface area contributed by atoms with Crippen LogP contribution in [0, 0.1) is 12.8 Å². The molecule has 8 heteroatoms. The summed E-state index contributed by atoms with van der Waals surface area (Å²) in [5, 5.41) is 10.5. The Hall–Kier alpha value is -1.99. The summed E-state index contributed by atoms with van der Waals surface area (Å²) in [6, 6.07) is 5.69. The fourth-order valence-corrected chi connectivity index (χ4v) is 4.07. The molecule has 3 rings (SSSR count). The molecule has 0 bridgehead atoms. The Labute approximate surface area is 161 Å². The third-order valence-electron chi connectivity index (χ3n) is 4.63. The number of thioether (sulfide) groups is 1. The van der Waals surface area contributed by atoms with Crippen molar-refractivity contribution >= 4 is 35.2 Å². The lowest BCUT2D eigenvalue weighted by Crippen LogP contribution is -2.41. The zero-order valence-corrected chi connectivity index (χ0v) is 16.0. The molecule has 2 aromatic rings. The average Bonchev–Trinajstić information content (AvgIpc) is 3.10. The van der Waals surface area contributed by atoms with E-state index < -0.39 is 5.97 Å². The van der Waals surface area contributed by atoms with Gasteiger partial charge in [0.1, 0.15) is 0 Å². The largest absolute Gasteiger partial charge is 0.481 e. The van der Waals surface area contributed by atoms with Gasteiger partial charge >= 0.3 is 5.97 Å². The number of halogens is 1. The summed E-state index contributed by atoms with van der Waals surface area (Å²) in [6.45, 7) is 2.94. The molecule has 26 heavy (non-hydrogen) atoms. The molecule has 0 unspecified atom stereocenters. The summed E-state index contributed by atoms with van der Waals surface area (Å²) in [5.41, 5.74) is 1.89. The van der Waals surface area contributed by atoms with Gasteiger partial charge < -0.3 is 10.0 Å². The maximum atomic E-state index is 12.4. The number of likely N-dealkylation sites (tertiary alicyclic amines) is 1. The van der Waals surface area contributed by atoms with E-state index in [4.69, 9.17) is 16.7 Å². The molecule has 0 aliphatic carbocycles. The molecule has 0 radical (unpaired) electrons. The molecule has 1 N–H and O–H groups in total. The molecule has 1 aromatic carbocycles. The number of carbonyl (C=O) groups excluding carboxylic acids is 1. The van der Waals surface area contributed by atoms with Crippen LogP contribution in [0.15, 0.2) is 35.7 Å². The van der Waals surface area contributed by atoms with Gasteiger partial charge in [-0.3, -0.25) is 14.2 Å². The monoisotopic (exact) mass is 393 g/mol. The van der Waals surface area contributed by atoms with Crippen LogP contribution in [-0.2, 0) is 9.59 Å². The Morgan fingerprint density at radius 2 is 2.08 bits per heavy atom. The minimum absolute atomic E-state index is 0.0104. The SMILES string of the molecule is Cc1c(Cl)cccc1-n1ccnc1SCC(=O)N1CCC(C(=O)O)CC1. The number of aromatic nitrogens is 2. The molecule has 1 aliphatic heterocycles. The van der Waals surface area contributed by atoms with Crippen molar-refractivity contribution in [2.75, 3.05) is 18.8 Å². The van der Waals surface area contributed by atoms with Crippen LogP contribution in [0.2, 0.25) is 5.02 Å². The van der Waals surface area contributed by atoms with Crippen LogP contribution in [0.4, 0.5) is 0 Å². The average molecular weight is 394 g/mol. The number of hydrogen-bond acceptors (Lipinski definition) is 4. The van der Waals surface area contributed by atoms with Gasteiger partial charge in [-0.25, -0.2) is 4.98 Å². The number of piperidine rings is 1. The van der Waals surface area contributed by atoms with Crippen molar-refractivity contribution in [3.63, 3.8) is 0 Å². The highest BCUT2D eigenvalue weighted by molar-refractivity contribution is 7.99. The molecule has 138 valence electrons. The third kappa shape index (κ3) is 4.04. The number of imidazole rings is 1. The van der Waals surface area contributed by atoms with Crippen molar-refractivity contribution in [3.05, 3.63) is 41.2 Å². The Kier molecular flexibility index (Phi) is 5.88. The van der Waals surface area contributed by atoms with Gasteiger partial charge in [-0.1, -0.05) is 29.4 Å². The molecule has 1 amide bonds. The second-order valence-electron chi connectivity index (χ2n) is 6.25. The van der Waals surface area contributed by atoms with Gasteiger partial charge in [0.2, 0.25) is 5.91 Å². The van der Waals surface area contributed by atoms with E-state index in [1.807, 2.05) is 35.9 Å². The first-order valence-corrected chi connectivity index (χ1v) is 9.76. The number of carbonyl (C=O) groups is 2. The zero-order chi connectivity index (χ0) is 18.7. The van der Waals surface area contributed by atoms with E-state index in [9.17, 15) is 9.59 Å². The number of nitrogens with zero attached hydrogens (tertiary/aromatic N) is 3. The van der Waals surface area contributed by atoms with Gasteiger partial charge in [0, 0.05) is 30.5 Å². The van der Waals surface area contributed by atoms with Gasteiger partial charge in [0.15, 0.2) is 5.16 Å². The molecular formula is C18H20ClN3O3S. The van der Waals surface area contributed by atoms with Crippen LogP contribution >= 0.6 is 23.4 Å². The standard InChI is InChI=1S/C18H20ClN3O3S/c1-12-14(19)3-2-4-15(12)22-10-7-20-18(22)26-11-16(23)21-8-5-13(6-9-21)17(24)25/h2-4,7,10,13H,5-6,8-9,11H2,1H3,(H,24,25). The van der Waals surface area contributed by atoms with Crippen LogP contribution in [0.1, 0.15) is 18.4 Å². The quantitative estimate of drug-likeness (QED) is 0.789. The highest BCUT2D eigenvalue weighted by atomic mass is 35.5. The molecule has 0 spiro atoms. The van der Waals surface area contributed by atoms with E-state index in [1.165, 1.54) is 11.8 Å². The second kappa shape index (κ2) is 8.14. The van der Waals surface area contributed by atoms with Crippen LogP contribution in [0.25, 0.3) is 5.69 Å². The van der Waals surface area contributed by atoms with Crippen molar-refractivity contribution in [2.24, 2.45) is 5.92 Å². The van der Waals surface area contributed by atoms with Crippen molar-refractivity contribution in [1.29, 1.82) is 0 Å². The maximum Gasteiger partial charge on any atom is 0.306 e. The number of carboxylic acids is 1. The van der Waals surface area contributed by atoms with E-state index in [1.54, 1.807) is 11.1 Å². The molecule has 1 fully saturated rings. The summed E-state index contributed by atoms with van der Waals surface area (Å²) in [6.07, 6.45) is 4.58. The third-order valence-corrected chi connectivity index (χ3v) is 5.99. The molecule has 1 aliphatic rings. The molecule has 1 aromatic heterocycles. The zero-order valence-electron chi connectivity index (χ0n) is 14.4. The summed E-state index contributed by atoms with van der Waals surface area (Å²) in [4.78, 5) is 29.5. The highest BCUT2D eigenvalue weighted by Crippen LogP contribution is 2.27. The lowest BCUT2D eigenvalue weighted by Gasteiger charge is -2.30. The molecule has 0 atom stereocenters. The second-order valence-corrected chi connectivity index (χ2v) is 7.60. The Morgan fingerprint density at radius 1 is 1.35 bits per heavy atom. The number of aliphatic carboxylic acids is 1. The predicted octanol–water partition coefficient (Wildman–Crippen LogP) is 3.25. The maximum absolute atomic E-state index is 12.4. The van der Waals surface area contributed by atoms with Crippen molar-refractivity contribution < 1.29 is 14.7 Å². The van der Waals surface area contributed by atoms with Crippen molar-refractivity contribution in [1.82, 2.24) is 14.5 Å². The van der Waals surface area contributed by atoms with Crippen LogP contribution in [0.5, 0.6) is 0 Å². The van der Waals surface area contributed by atoms with Gasteiger partial charge in [-0.15, -0.1) is 0 Å². The summed E-state index contributed by atoms with van der Waals surface area (Å²) in [7, 11) is 0. The Bertz CT molecular complexity index is 816. The normalized spacial score (nSPS) is 15.2. The van der Waals surface area contributed by atoms with Gasteiger partial charge in [-0.2, -0.15) is 0 Å². The first kappa shape index (κ1) is 18.8. The number of carboxylic acid groups (broad SMARTS) is 1. The summed E-state index contributed by atoms with van der Waals surface area (Å²) in [5.74, 6) is -0.827. The Morgan fingerprint density at radius 3 is 2.77 bits per heavy atom. The van der Waals surface area contributed by atoms with Gasteiger partial charge in [0.05, 0.1) is 17.4 Å². The van der Waals surface area contributed by atoms with E-state index in [0.717, 1.165) is 16.4 Å². The first-order chi connectivity index (χ1) is 12.5. The van der Waals surface area contributed by atoms with E-state index in [-0.39, 0.29) is 17.6 Å². The fourth-order valence-electron chi connectivity index (χ4n) is 3.03. The van der Waals surface area contributed by atoms with Crippen LogP contribution in [0.3, 0.4) is 0 Å². The molecule has 0 saturated carbocycles. The number of hydrogen-bond donors (Lipinski definition) is 1. The predicted molar refractivity (Wildman–Crippen MR) is 101 cm³/mol. The van der Waals surface area contributed by atoms with E-state index in [0.29, 0.717) is 31.0 Å². The van der Waals surface area contributed by atoms with Crippen LogP contribution < -0.4 is 0 Å². The van der Waals surface area contributed by atoms with Gasteiger partial charge in [-0.05, 0) is 37.5 Å².